The molecule has 0 aromatic heterocycles. The van der Waals surface area contributed by atoms with E-state index in [1.54, 1.807) is 31.2 Å². The number of esters is 1. The first-order chi connectivity index (χ1) is 13.6. The van der Waals surface area contributed by atoms with E-state index in [2.05, 4.69) is 5.32 Å². The first kappa shape index (κ1) is 22.4. The number of hydrogen-bond acceptors (Lipinski definition) is 5. The van der Waals surface area contributed by atoms with Crippen molar-refractivity contribution in [3.05, 3.63) is 59.2 Å². The Bertz CT molecular complexity index is 1000. The average Bonchev–Trinajstić information content (AvgIpc) is 2.68. The zero-order chi connectivity index (χ0) is 21.8. The molecule has 0 spiro atoms. The van der Waals surface area contributed by atoms with Gasteiger partial charge in [-0.25, -0.2) is 13.2 Å². The van der Waals surface area contributed by atoms with E-state index in [4.69, 9.17) is 4.74 Å². The molecule has 8 heteroatoms. The number of sulfonamides is 1. The van der Waals surface area contributed by atoms with Gasteiger partial charge in [-0.3, -0.25) is 9.10 Å². The summed E-state index contributed by atoms with van der Waals surface area (Å²) in [6.07, 6.45) is 1.89. The second kappa shape index (κ2) is 9.09. The highest BCUT2D eigenvalue weighted by atomic mass is 32.2. The minimum Gasteiger partial charge on any atom is -0.465 e. The summed E-state index contributed by atoms with van der Waals surface area (Å²) in [5.41, 5.74) is 2.91. The number of methoxy groups -OCH3 is 1. The van der Waals surface area contributed by atoms with E-state index in [-0.39, 0.29) is 5.56 Å². The molecule has 0 aliphatic heterocycles. The fourth-order valence-electron chi connectivity index (χ4n) is 2.93. The van der Waals surface area contributed by atoms with Crippen molar-refractivity contribution < 1.29 is 22.7 Å². The minimum atomic E-state index is -3.71. The van der Waals surface area contributed by atoms with E-state index in [0.717, 1.165) is 28.1 Å². The SMILES string of the molecule is CCc1ccc(N(C(C)C(=O)Nc2cc(C(=O)OC)ccc2C)S(C)(=O)=O)cc1. The molecule has 7 nitrogen and oxygen atoms in total. The van der Waals surface area contributed by atoms with Crippen LogP contribution in [-0.2, 0) is 26.0 Å². The van der Waals surface area contributed by atoms with Crippen LogP contribution in [0.15, 0.2) is 42.5 Å². The lowest BCUT2D eigenvalue weighted by Gasteiger charge is -2.28. The number of carbonyl (C=O) groups is 2. The Labute approximate surface area is 171 Å². The van der Waals surface area contributed by atoms with Gasteiger partial charge in [-0.05, 0) is 55.7 Å². The molecular weight excluding hydrogens is 392 g/mol. The van der Waals surface area contributed by atoms with Gasteiger partial charge in [-0.1, -0.05) is 25.1 Å². The van der Waals surface area contributed by atoms with Crippen molar-refractivity contribution in [2.24, 2.45) is 0 Å². The molecule has 0 radical (unpaired) electrons. The highest BCUT2D eigenvalue weighted by molar-refractivity contribution is 7.92. The van der Waals surface area contributed by atoms with Crippen LogP contribution in [0, 0.1) is 6.92 Å². The number of benzene rings is 2. The molecule has 2 aromatic carbocycles. The number of ether oxygens (including phenoxy) is 1. The molecule has 0 fully saturated rings. The summed E-state index contributed by atoms with van der Waals surface area (Å²) in [4.78, 5) is 24.6. The number of carbonyl (C=O) groups excluding carboxylic acids is 2. The lowest BCUT2D eigenvalue weighted by Crippen LogP contribution is -2.45. The van der Waals surface area contributed by atoms with Crippen LogP contribution in [0.25, 0.3) is 0 Å². The minimum absolute atomic E-state index is 0.288. The maximum Gasteiger partial charge on any atom is 0.337 e. The third kappa shape index (κ3) is 5.35. The summed E-state index contributed by atoms with van der Waals surface area (Å²) in [6.45, 7) is 5.30. The highest BCUT2D eigenvalue weighted by Crippen LogP contribution is 2.23. The van der Waals surface area contributed by atoms with Crippen molar-refractivity contribution in [1.82, 2.24) is 0 Å². The molecule has 29 heavy (non-hydrogen) atoms. The van der Waals surface area contributed by atoms with Crippen LogP contribution >= 0.6 is 0 Å². The molecule has 0 bridgehead atoms. The fourth-order valence-corrected chi connectivity index (χ4v) is 4.10. The Kier molecular flexibility index (Phi) is 7.02. The molecule has 0 saturated carbocycles. The van der Waals surface area contributed by atoms with Gasteiger partial charge in [0.2, 0.25) is 15.9 Å². The molecule has 1 N–H and O–H groups in total. The molecule has 0 aliphatic carbocycles. The van der Waals surface area contributed by atoms with Gasteiger partial charge >= 0.3 is 5.97 Å². The average molecular weight is 419 g/mol. The molecule has 2 aromatic rings. The Morgan fingerprint density at radius 1 is 1.14 bits per heavy atom. The van der Waals surface area contributed by atoms with Gasteiger partial charge in [0.15, 0.2) is 0 Å². The number of aryl methyl sites for hydroxylation is 2. The normalized spacial score (nSPS) is 12.2. The van der Waals surface area contributed by atoms with Gasteiger partial charge in [0, 0.05) is 5.69 Å². The molecular formula is C21H26N2O5S. The van der Waals surface area contributed by atoms with E-state index < -0.39 is 27.9 Å². The largest absolute Gasteiger partial charge is 0.465 e. The Morgan fingerprint density at radius 3 is 2.28 bits per heavy atom. The highest BCUT2D eigenvalue weighted by Gasteiger charge is 2.29. The Hall–Kier alpha value is -2.87. The monoisotopic (exact) mass is 418 g/mol. The van der Waals surface area contributed by atoms with Gasteiger partial charge in [0.05, 0.1) is 24.6 Å². The number of anilines is 2. The fraction of sp³-hybridized carbons (Fsp3) is 0.333. The summed E-state index contributed by atoms with van der Waals surface area (Å²) in [7, 11) is -2.44. The van der Waals surface area contributed by atoms with Crippen LogP contribution in [0.4, 0.5) is 11.4 Å². The maximum atomic E-state index is 12.9. The summed E-state index contributed by atoms with van der Waals surface area (Å²) in [6, 6.07) is 10.8. The predicted octanol–water partition coefficient (Wildman–Crippen LogP) is 3.14. The number of rotatable bonds is 7. The number of nitrogens with one attached hydrogen (secondary N) is 1. The Morgan fingerprint density at radius 2 is 1.76 bits per heavy atom. The van der Waals surface area contributed by atoms with E-state index in [1.165, 1.54) is 20.1 Å². The van der Waals surface area contributed by atoms with Crippen LogP contribution in [-0.4, -0.2) is 39.7 Å². The number of hydrogen-bond donors (Lipinski definition) is 1. The van der Waals surface area contributed by atoms with Crippen LogP contribution in [0.1, 0.15) is 35.3 Å². The van der Waals surface area contributed by atoms with Crippen molar-refractivity contribution in [1.29, 1.82) is 0 Å². The van der Waals surface area contributed by atoms with Crippen LogP contribution in [0.5, 0.6) is 0 Å². The zero-order valence-electron chi connectivity index (χ0n) is 17.2. The lowest BCUT2D eigenvalue weighted by molar-refractivity contribution is -0.116. The first-order valence-corrected chi connectivity index (χ1v) is 11.0. The third-order valence-corrected chi connectivity index (χ3v) is 5.85. The number of nitrogens with zero attached hydrogens (tertiary/aromatic N) is 1. The van der Waals surface area contributed by atoms with Crippen molar-refractivity contribution in [2.45, 2.75) is 33.2 Å². The zero-order valence-corrected chi connectivity index (χ0v) is 18.0. The molecule has 1 unspecified atom stereocenters. The van der Waals surface area contributed by atoms with E-state index in [1.807, 2.05) is 19.1 Å². The molecule has 0 heterocycles. The molecule has 1 amide bonds. The standard InChI is InChI=1S/C21H26N2O5S/c1-6-16-8-11-18(12-9-16)23(29(5,26)27)15(3)20(24)22-19-13-17(21(25)28-4)10-7-14(19)2/h7-13,15H,6H2,1-5H3,(H,22,24). The second-order valence-electron chi connectivity index (χ2n) is 6.77. The van der Waals surface area contributed by atoms with Crippen molar-refractivity contribution >= 4 is 33.3 Å². The summed E-state index contributed by atoms with van der Waals surface area (Å²) in [5, 5.41) is 2.72. The van der Waals surface area contributed by atoms with Crippen LogP contribution in [0.2, 0.25) is 0 Å². The summed E-state index contributed by atoms with van der Waals surface area (Å²) >= 11 is 0. The molecule has 1 atom stereocenters. The molecule has 2 rings (SSSR count). The van der Waals surface area contributed by atoms with Gasteiger partial charge in [-0.15, -0.1) is 0 Å². The van der Waals surface area contributed by atoms with E-state index in [0.29, 0.717) is 11.4 Å². The van der Waals surface area contributed by atoms with Crippen molar-refractivity contribution in [3.8, 4) is 0 Å². The maximum absolute atomic E-state index is 12.9. The smallest absolute Gasteiger partial charge is 0.337 e. The first-order valence-electron chi connectivity index (χ1n) is 9.16. The van der Waals surface area contributed by atoms with E-state index in [9.17, 15) is 18.0 Å². The third-order valence-electron chi connectivity index (χ3n) is 4.60. The van der Waals surface area contributed by atoms with Crippen LogP contribution < -0.4 is 9.62 Å². The quantitative estimate of drug-likeness (QED) is 0.698. The number of amides is 1. The lowest BCUT2D eigenvalue weighted by atomic mass is 10.1. The summed E-state index contributed by atoms with van der Waals surface area (Å²) < 4.78 is 30.6. The van der Waals surface area contributed by atoms with Gasteiger partial charge in [0.25, 0.3) is 0 Å². The molecule has 0 aliphatic rings. The second-order valence-corrected chi connectivity index (χ2v) is 8.62. The van der Waals surface area contributed by atoms with Gasteiger partial charge in [0.1, 0.15) is 6.04 Å². The Balaban J connectivity index is 2.33. The van der Waals surface area contributed by atoms with E-state index >= 15 is 0 Å². The summed E-state index contributed by atoms with van der Waals surface area (Å²) in [5.74, 6) is -1.04. The molecule has 156 valence electrons. The van der Waals surface area contributed by atoms with Gasteiger partial charge in [-0.2, -0.15) is 0 Å². The van der Waals surface area contributed by atoms with Crippen LogP contribution in [0.3, 0.4) is 0 Å². The predicted molar refractivity (Wildman–Crippen MR) is 114 cm³/mol. The molecule has 0 saturated heterocycles. The van der Waals surface area contributed by atoms with Gasteiger partial charge < -0.3 is 10.1 Å². The van der Waals surface area contributed by atoms with Crippen molar-refractivity contribution in [2.75, 3.05) is 23.0 Å². The topological polar surface area (TPSA) is 92.8 Å². The van der Waals surface area contributed by atoms with Crippen molar-refractivity contribution in [3.63, 3.8) is 0 Å².